The minimum atomic E-state index is -0.234. The smallest absolute Gasteiger partial charge is 0.246 e. The molecule has 0 bridgehead atoms. The van der Waals surface area contributed by atoms with Crippen LogP contribution in [0.4, 0.5) is 10.1 Å². The molecule has 1 aliphatic heterocycles. The van der Waals surface area contributed by atoms with E-state index in [0.717, 1.165) is 29.4 Å². The molecule has 0 N–H and O–H groups in total. The molecule has 7 heteroatoms. The van der Waals surface area contributed by atoms with Crippen molar-refractivity contribution < 1.29 is 9.18 Å². The van der Waals surface area contributed by atoms with Crippen LogP contribution in [0, 0.1) is 5.82 Å². The van der Waals surface area contributed by atoms with E-state index in [4.69, 9.17) is 0 Å². The van der Waals surface area contributed by atoms with Crippen LogP contribution in [0.25, 0.3) is 11.0 Å². The van der Waals surface area contributed by atoms with Crippen LogP contribution >= 0.6 is 11.3 Å². The maximum Gasteiger partial charge on any atom is 0.246 e. The molecule has 3 heterocycles. The molecular weight excluding hydrogens is 339 g/mol. The Balaban J connectivity index is 1.37. The lowest BCUT2D eigenvalue weighted by atomic mass is 10.2. The standard InChI is InChI=1S/C18H17FN4OS/c19-14-1-3-15(4-2-14)21-7-9-22(10-8-21)17(24)6-5-16-13-20-18-23(16)11-12-25-18/h1-6,11-13H,7-10H2/b6-5+. The lowest BCUT2D eigenvalue weighted by molar-refractivity contribution is -0.126. The van der Waals surface area contributed by atoms with Gasteiger partial charge >= 0.3 is 0 Å². The highest BCUT2D eigenvalue weighted by molar-refractivity contribution is 7.15. The molecule has 128 valence electrons. The van der Waals surface area contributed by atoms with E-state index in [2.05, 4.69) is 9.88 Å². The summed E-state index contributed by atoms with van der Waals surface area (Å²) in [5, 5.41) is 1.97. The Bertz CT molecular complexity index is 907. The summed E-state index contributed by atoms with van der Waals surface area (Å²) >= 11 is 1.56. The molecule has 0 atom stereocenters. The lowest BCUT2D eigenvalue weighted by Crippen LogP contribution is -2.48. The minimum absolute atomic E-state index is 0.00364. The van der Waals surface area contributed by atoms with E-state index in [-0.39, 0.29) is 11.7 Å². The first-order valence-corrected chi connectivity index (χ1v) is 8.97. The third-order valence-electron chi connectivity index (χ3n) is 4.35. The van der Waals surface area contributed by atoms with Crippen molar-refractivity contribution in [3.63, 3.8) is 0 Å². The number of hydrogen-bond acceptors (Lipinski definition) is 4. The molecule has 1 aromatic carbocycles. The van der Waals surface area contributed by atoms with E-state index in [1.165, 1.54) is 12.1 Å². The lowest BCUT2D eigenvalue weighted by Gasteiger charge is -2.35. The normalized spacial score (nSPS) is 15.4. The number of anilines is 1. The summed E-state index contributed by atoms with van der Waals surface area (Å²) in [6, 6.07) is 6.48. The number of thiazole rings is 1. The van der Waals surface area contributed by atoms with Gasteiger partial charge in [0.1, 0.15) is 5.82 Å². The SMILES string of the molecule is O=C(/C=C/c1cnc2sccn12)N1CCN(c2ccc(F)cc2)CC1. The van der Waals surface area contributed by atoms with Gasteiger partial charge in [-0.05, 0) is 30.3 Å². The molecule has 5 nitrogen and oxygen atoms in total. The van der Waals surface area contributed by atoms with Crippen LogP contribution in [0.15, 0.2) is 48.1 Å². The van der Waals surface area contributed by atoms with Gasteiger partial charge in [0.15, 0.2) is 4.96 Å². The van der Waals surface area contributed by atoms with E-state index < -0.39 is 0 Å². The maximum absolute atomic E-state index is 13.0. The summed E-state index contributed by atoms with van der Waals surface area (Å²) in [5.74, 6) is -0.230. The van der Waals surface area contributed by atoms with Gasteiger partial charge in [0, 0.05) is 49.5 Å². The fraction of sp³-hybridized carbons (Fsp3) is 0.222. The van der Waals surface area contributed by atoms with Gasteiger partial charge in [0.2, 0.25) is 5.91 Å². The van der Waals surface area contributed by atoms with Crippen LogP contribution in [0.2, 0.25) is 0 Å². The van der Waals surface area contributed by atoms with Gasteiger partial charge < -0.3 is 9.80 Å². The van der Waals surface area contributed by atoms with E-state index in [0.29, 0.717) is 13.1 Å². The predicted octanol–water partition coefficient (Wildman–Crippen LogP) is 2.90. The van der Waals surface area contributed by atoms with Crippen LogP contribution in [0.1, 0.15) is 5.69 Å². The largest absolute Gasteiger partial charge is 0.368 e. The Labute approximate surface area is 148 Å². The van der Waals surface area contributed by atoms with Crippen LogP contribution in [-0.2, 0) is 4.79 Å². The molecule has 1 aliphatic rings. The fourth-order valence-electron chi connectivity index (χ4n) is 2.97. The van der Waals surface area contributed by atoms with E-state index in [1.54, 1.807) is 41.8 Å². The van der Waals surface area contributed by atoms with Crippen molar-refractivity contribution in [3.8, 4) is 0 Å². The Morgan fingerprint density at radius 3 is 2.68 bits per heavy atom. The molecule has 0 unspecified atom stereocenters. The molecule has 0 spiro atoms. The first-order chi connectivity index (χ1) is 12.2. The monoisotopic (exact) mass is 356 g/mol. The Morgan fingerprint density at radius 2 is 1.92 bits per heavy atom. The molecule has 1 fully saturated rings. The number of hydrogen-bond donors (Lipinski definition) is 0. The van der Waals surface area contributed by atoms with Crippen molar-refractivity contribution in [1.29, 1.82) is 0 Å². The second-order valence-corrected chi connectivity index (χ2v) is 6.73. The number of imidazole rings is 1. The van der Waals surface area contributed by atoms with Crippen molar-refractivity contribution in [2.24, 2.45) is 0 Å². The van der Waals surface area contributed by atoms with E-state index in [1.807, 2.05) is 20.9 Å². The van der Waals surface area contributed by atoms with Crippen molar-refractivity contribution in [2.75, 3.05) is 31.1 Å². The number of halogens is 1. The molecule has 0 aliphatic carbocycles. The third kappa shape index (κ3) is 3.28. The summed E-state index contributed by atoms with van der Waals surface area (Å²) in [6.07, 6.45) is 7.12. The molecule has 2 aromatic heterocycles. The number of nitrogens with zero attached hydrogens (tertiary/aromatic N) is 4. The highest BCUT2D eigenvalue weighted by Gasteiger charge is 2.19. The van der Waals surface area contributed by atoms with Crippen LogP contribution in [0.3, 0.4) is 0 Å². The quantitative estimate of drug-likeness (QED) is 0.678. The Morgan fingerprint density at radius 1 is 1.16 bits per heavy atom. The number of amides is 1. The maximum atomic E-state index is 13.0. The van der Waals surface area contributed by atoms with Crippen molar-refractivity contribution in [1.82, 2.24) is 14.3 Å². The Hall–Kier alpha value is -2.67. The second-order valence-electron chi connectivity index (χ2n) is 5.86. The first kappa shape index (κ1) is 15.8. The van der Waals surface area contributed by atoms with Crippen molar-refractivity contribution >= 4 is 34.0 Å². The summed E-state index contributed by atoms with van der Waals surface area (Å²) < 4.78 is 15.0. The summed E-state index contributed by atoms with van der Waals surface area (Å²) in [5.41, 5.74) is 1.89. The molecule has 1 saturated heterocycles. The van der Waals surface area contributed by atoms with Crippen LogP contribution < -0.4 is 4.90 Å². The van der Waals surface area contributed by atoms with Crippen molar-refractivity contribution in [2.45, 2.75) is 0 Å². The molecule has 0 radical (unpaired) electrons. The molecule has 0 saturated carbocycles. The average molecular weight is 356 g/mol. The molecule has 1 amide bonds. The van der Waals surface area contributed by atoms with Gasteiger partial charge in [-0.15, -0.1) is 11.3 Å². The van der Waals surface area contributed by atoms with Gasteiger partial charge in [-0.3, -0.25) is 9.20 Å². The van der Waals surface area contributed by atoms with Gasteiger partial charge in [-0.1, -0.05) is 0 Å². The van der Waals surface area contributed by atoms with Gasteiger partial charge in [-0.25, -0.2) is 9.37 Å². The van der Waals surface area contributed by atoms with Gasteiger partial charge in [0.05, 0.1) is 11.9 Å². The van der Waals surface area contributed by atoms with Gasteiger partial charge in [0.25, 0.3) is 0 Å². The van der Waals surface area contributed by atoms with Crippen LogP contribution in [-0.4, -0.2) is 46.4 Å². The highest BCUT2D eigenvalue weighted by atomic mass is 32.1. The molecule has 3 aromatic rings. The zero-order valence-electron chi connectivity index (χ0n) is 13.5. The second kappa shape index (κ2) is 6.68. The highest BCUT2D eigenvalue weighted by Crippen LogP contribution is 2.17. The zero-order chi connectivity index (χ0) is 17.2. The number of rotatable bonds is 3. The van der Waals surface area contributed by atoms with E-state index >= 15 is 0 Å². The summed E-state index contributed by atoms with van der Waals surface area (Å²) in [7, 11) is 0. The summed E-state index contributed by atoms with van der Waals surface area (Å²) in [6.45, 7) is 2.79. The molecule has 25 heavy (non-hydrogen) atoms. The van der Waals surface area contributed by atoms with Gasteiger partial charge in [-0.2, -0.15) is 0 Å². The Kier molecular flexibility index (Phi) is 4.23. The molecular formula is C18H17FN4OS. The number of carbonyl (C=O) groups excluding carboxylic acids is 1. The topological polar surface area (TPSA) is 40.9 Å². The van der Waals surface area contributed by atoms with Crippen LogP contribution in [0.5, 0.6) is 0 Å². The van der Waals surface area contributed by atoms with E-state index in [9.17, 15) is 9.18 Å². The first-order valence-electron chi connectivity index (χ1n) is 8.09. The van der Waals surface area contributed by atoms with Crippen molar-refractivity contribution in [3.05, 3.63) is 59.6 Å². The third-order valence-corrected chi connectivity index (χ3v) is 5.13. The zero-order valence-corrected chi connectivity index (χ0v) is 14.3. The average Bonchev–Trinajstić information content (AvgIpc) is 3.25. The number of benzene rings is 1. The number of fused-ring (bicyclic) bond motifs is 1. The molecule has 4 rings (SSSR count). The predicted molar refractivity (Wildman–Crippen MR) is 97.3 cm³/mol. The number of aromatic nitrogens is 2. The number of piperazine rings is 1. The fourth-order valence-corrected chi connectivity index (χ4v) is 3.67. The minimum Gasteiger partial charge on any atom is -0.368 e. The summed E-state index contributed by atoms with van der Waals surface area (Å²) in [4.78, 5) is 21.6. The number of carbonyl (C=O) groups is 1.